The number of fused-ring (bicyclic) bond motifs is 1. The van der Waals surface area contributed by atoms with Crippen LogP contribution >= 0.6 is 0 Å². The third-order valence-corrected chi connectivity index (χ3v) is 6.69. The molecular weight excluding hydrogens is 424 g/mol. The van der Waals surface area contributed by atoms with Gasteiger partial charge in [0.05, 0.1) is 23.2 Å². The molecule has 0 atom stereocenters. The number of anilines is 2. The molecule has 4 N–H and O–H groups in total. The van der Waals surface area contributed by atoms with E-state index in [9.17, 15) is 4.79 Å². The van der Waals surface area contributed by atoms with E-state index in [2.05, 4.69) is 21.4 Å². The van der Waals surface area contributed by atoms with Gasteiger partial charge < -0.3 is 15.6 Å². The highest BCUT2D eigenvalue weighted by atomic mass is 16.1. The van der Waals surface area contributed by atoms with Gasteiger partial charge in [0.15, 0.2) is 0 Å². The van der Waals surface area contributed by atoms with E-state index in [1.807, 2.05) is 60.0 Å². The Kier molecular flexibility index (Phi) is 5.84. The van der Waals surface area contributed by atoms with Crippen LogP contribution in [0.3, 0.4) is 0 Å². The van der Waals surface area contributed by atoms with Crippen LogP contribution in [0.1, 0.15) is 54.1 Å². The molecule has 1 saturated carbocycles. The molecule has 0 unspecified atom stereocenters. The van der Waals surface area contributed by atoms with Gasteiger partial charge in [-0.05, 0) is 36.8 Å². The summed E-state index contributed by atoms with van der Waals surface area (Å²) in [5.41, 5.74) is 9.60. The second kappa shape index (κ2) is 9.09. The number of nitrogens with zero attached hydrogens (tertiary/aromatic N) is 3. The lowest BCUT2D eigenvalue weighted by Gasteiger charge is -2.22. The van der Waals surface area contributed by atoms with E-state index in [-0.39, 0.29) is 23.1 Å². The third-order valence-electron chi connectivity index (χ3n) is 6.69. The van der Waals surface area contributed by atoms with Crippen molar-refractivity contribution < 1.29 is 0 Å². The first-order valence-corrected chi connectivity index (χ1v) is 11.7. The lowest BCUT2D eigenvalue weighted by molar-refractivity contribution is 0.488. The standard InChI is InChI=1S/C27H28N6O/c1-17-8-7-11-19-14-21(33(27(34)22(17)19)20-12-5-6-13-20)15-30-26-23(25(29)31-16-32-26)24(28)18-9-3-2-4-10-18/h2-4,7-11,14,16,20,28H,5-6,12-13,15H2,1H3,(H3,29,30,31,32). The van der Waals surface area contributed by atoms with Crippen LogP contribution in [0, 0.1) is 12.3 Å². The summed E-state index contributed by atoms with van der Waals surface area (Å²) in [5.74, 6) is 0.727. The van der Waals surface area contributed by atoms with Gasteiger partial charge >= 0.3 is 0 Å². The lowest BCUT2D eigenvalue weighted by Crippen LogP contribution is -2.28. The van der Waals surface area contributed by atoms with Crippen LogP contribution in [0.25, 0.3) is 10.8 Å². The summed E-state index contributed by atoms with van der Waals surface area (Å²) in [7, 11) is 0. The summed E-state index contributed by atoms with van der Waals surface area (Å²) in [6.45, 7) is 2.38. The van der Waals surface area contributed by atoms with E-state index in [0.717, 1.165) is 53.3 Å². The minimum atomic E-state index is 0.0683. The van der Waals surface area contributed by atoms with Gasteiger partial charge in [0.25, 0.3) is 5.56 Å². The molecule has 0 saturated heterocycles. The SMILES string of the molecule is Cc1cccc2cc(CNc3ncnc(N)c3C(=N)c3ccccc3)n(C3CCCC3)c(=O)c12. The maximum Gasteiger partial charge on any atom is 0.259 e. The topological polar surface area (TPSA) is 110 Å². The predicted octanol–water partition coefficient (Wildman–Crippen LogP) is 4.83. The van der Waals surface area contributed by atoms with E-state index in [1.54, 1.807) is 0 Å². The molecule has 1 aliphatic rings. The van der Waals surface area contributed by atoms with Crippen molar-refractivity contribution in [3.63, 3.8) is 0 Å². The zero-order valence-corrected chi connectivity index (χ0v) is 19.2. The maximum absolute atomic E-state index is 13.6. The number of nitrogen functional groups attached to an aromatic ring is 1. The highest BCUT2D eigenvalue weighted by Crippen LogP contribution is 2.31. The van der Waals surface area contributed by atoms with Crippen LogP contribution in [0.5, 0.6) is 0 Å². The molecular formula is C27H28N6O. The lowest BCUT2D eigenvalue weighted by atomic mass is 10.0. The van der Waals surface area contributed by atoms with Crippen molar-refractivity contribution in [3.8, 4) is 0 Å². The number of nitrogens with two attached hydrogens (primary N) is 1. The summed E-state index contributed by atoms with van der Waals surface area (Å²) in [6.07, 6.45) is 5.68. The second-order valence-electron chi connectivity index (χ2n) is 8.87. The highest BCUT2D eigenvalue weighted by Gasteiger charge is 2.23. The number of aryl methyl sites for hydroxylation is 1. The number of rotatable bonds is 6. The maximum atomic E-state index is 13.6. The average molecular weight is 453 g/mol. The van der Waals surface area contributed by atoms with Gasteiger partial charge in [-0.2, -0.15) is 0 Å². The van der Waals surface area contributed by atoms with Gasteiger partial charge in [0.1, 0.15) is 18.0 Å². The van der Waals surface area contributed by atoms with Crippen molar-refractivity contribution in [2.45, 2.75) is 45.2 Å². The van der Waals surface area contributed by atoms with Gasteiger partial charge in [-0.25, -0.2) is 9.97 Å². The quantitative estimate of drug-likeness (QED) is 0.363. The van der Waals surface area contributed by atoms with Crippen molar-refractivity contribution in [2.24, 2.45) is 0 Å². The van der Waals surface area contributed by atoms with Crippen LogP contribution in [-0.4, -0.2) is 20.2 Å². The van der Waals surface area contributed by atoms with Gasteiger partial charge in [0, 0.05) is 17.3 Å². The molecule has 0 radical (unpaired) electrons. The molecule has 172 valence electrons. The number of hydrogen-bond donors (Lipinski definition) is 3. The molecule has 0 spiro atoms. The molecule has 2 aromatic carbocycles. The first kappa shape index (κ1) is 21.8. The van der Waals surface area contributed by atoms with Crippen LogP contribution in [0.2, 0.25) is 0 Å². The van der Waals surface area contributed by atoms with Crippen LogP contribution < -0.4 is 16.6 Å². The zero-order valence-electron chi connectivity index (χ0n) is 19.2. The molecule has 7 heteroatoms. The van der Waals surface area contributed by atoms with Gasteiger partial charge in [0.2, 0.25) is 0 Å². The molecule has 1 fully saturated rings. The van der Waals surface area contributed by atoms with Gasteiger partial charge in [-0.15, -0.1) is 0 Å². The molecule has 0 aliphatic heterocycles. The van der Waals surface area contributed by atoms with Crippen molar-refractivity contribution in [1.82, 2.24) is 14.5 Å². The van der Waals surface area contributed by atoms with Gasteiger partial charge in [-0.1, -0.05) is 61.4 Å². The average Bonchev–Trinajstić information content (AvgIpc) is 3.37. The molecule has 5 rings (SSSR count). The summed E-state index contributed by atoms with van der Waals surface area (Å²) in [4.78, 5) is 22.2. The highest BCUT2D eigenvalue weighted by molar-refractivity contribution is 6.16. The third kappa shape index (κ3) is 3.94. The first-order chi connectivity index (χ1) is 16.5. The second-order valence-corrected chi connectivity index (χ2v) is 8.87. The molecule has 4 aromatic rings. The van der Waals surface area contributed by atoms with Gasteiger partial charge in [-0.3, -0.25) is 10.2 Å². The largest absolute Gasteiger partial charge is 0.383 e. The Morgan fingerprint density at radius 2 is 1.88 bits per heavy atom. The van der Waals surface area contributed by atoms with Crippen LogP contribution in [0.4, 0.5) is 11.6 Å². The summed E-state index contributed by atoms with van der Waals surface area (Å²) in [6, 6.07) is 17.7. The van der Waals surface area contributed by atoms with E-state index in [1.165, 1.54) is 6.33 Å². The van der Waals surface area contributed by atoms with Crippen molar-refractivity contribution in [2.75, 3.05) is 11.1 Å². The van der Waals surface area contributed by atoms with E-state index in [4.69, 9.17) is 11.1 Å². The molecule has 0 amide bonds. The van der Waals surface area contributed by atoms with Crippen molar-refractivity contribution in [3.05, 3.63) is 93.7 Å². The monoisotopic (exact) mass is 452 g/mol. The Hall–Kier alpha value is -4.00. The minimum Gasteiger partial charge on any atom is -0.383 e. The zero-order chi connectivity index (χ0) is 23.7. The predicted molar refractivity (Wildman–Crippen MR) is 137 cm³/mol. The fourth-order valence-electron chi connectivity index (χ4n) is 5.00. The van der Waals surface area contributed by atoms with Crippen molar-refractivity contribution in [1.29, 1.82) is 5.41 Å². The number of nitrogens with one attached hydrogen (secondary N) is 2. The Labute approximate surface area is 198 Å². The Balaban J connectivity index is 1.55. The van der Waals surface area contributed by atoms with Crippen molar-refractivity contribution >= 4 is 28.1 Å². The molecule has 34 heavy (non-hydrogen) atoms. The van der Waals surface area contributed by atoms with Crippen LogP contribution in [0.15, 0.2) is 65.7 Å². The summed E-state index contributed by atoms with van der Waals surface area (Å²) < 4.78 is 1.97. The molecule has 1 aliphatic carbocycles. The normalized spacial score (nSPS) is 13.9. The number of pyridine rings is 1. The fraction of sp³-hybridized carbons (Fsp3) is 0.259. The first-order valence-electron chi connectivity index (χ1n) is 11.7. The fourth-order valence-corrected chi connectivity index (χ4v) is 5.00. The molecule has 7 nitrogen and oxygen atoms in total. The molecule has 2 heterocycles. The molecule has 0 bridgehead atoms. The number of hydrogen-bond acceptors (Lipinski definition) is 6. The van der Waals surface area contributed by atoms with E-state index in [0.29, 0.717) is 17.9 Å². The number of benzene rings is 2. The minimum absolute atomic E-state index is 0.0683. The molecule has 2 aromatic heterocycles. The Morgan fingerprint density at radius 3 is 2.65 bits per heavy atom. The number of aromatic nitrogens is 3. The van der Waals surface area contributed by atoms with E-state index < -0.39 is 0 Å². The summed E-state index contributed by atoms with van der Waals surface area (Å²) >= 11 is 0. The summed E-state index contributed by atoms with van der Waals surface area (Å²) in [5, 5.41) is 13.8. The van der Waals surface area contributed by atoms with Crippen LogP contribution in [-0.2, 0) is 6.54 Å². The Morgan fingerprint density at radius 1 is 1.12 bits per heavy atom. The van der Waals surface area contributed by atoms with E-state index >= 15 is 0 Å². The smallest absolute Gasteiger partial charge is 0.259 e. The Bertz CT molecular complexity index is 1420.